The van der Waals surface area contributed by atoms with Crippen LogP contribution in [0.5, 0.6) is 11.5 Å². The Hall–Kier alpha value is -2.04. The van der Waals surface area contributed by atoms with E-state index in [2.05, 4.69) is 20.5 Å². The van der Waals surface area contributed by atoms with Gasteiger partial charge in [0, 0.05) is 39.3 Å². The first kappa shape index (κ1) is 21.0. The maximum Gasteiger partial charge on any atom is 0.194 e. The number of hydrogen-bond acceptors (Lipinski definition) is 5. The lowest BCUT2D eigenvalue weighted by Crippen LogP contribution is -2.38. The van der Waals surface area contributed by atoms with E-state index >= 15 is 0 Å². The molecule has 1 heterocycles. The fourth-order valence-electron chi connectivity index (χ4n) is 2.32. The van der Waals surface area contributed by atoms with E-state index < -0.39 is 0 Å². The molecule has 0 radical (unpaired) electrons. The summed E-state index contributed by atoms with van der Waals surface area (Å²) in [5.41, 5.74) is 1.04. The van der Waals surface area contributed by atoms with Crippen molar-refractivity contribution in [3.8, 4) is 11.5 Å². The fourth-order valence-corrected chi connectivity index (χ4v) is 2.32. The number of halogens is 1. The van der Waals surface area contributed by atoms with Crippen LogP contribution in [0.3, 0.4) is 0 Å². The van der Waals surface area contributed by atoms with E-state index in [0.717, 1.165) is 28.8 Å². The van der Waals surface area contributed by atoms with Crippen molar-refractivity contribution in [2.45, 2.75) is 13.1 Å². The molecule has 2 rings (SSSR count). The highest BCUT2D eigenvalue weighted by Crippen LogP contribution is 2.25. The topological polar surface area (TPSA) is 76.8 Å². The summed E-state index contributed by atoms with van der Waals surface area (Å²) in [4.78, 5) is 6.33. The van der Waals surface area contributed by atoms with Crippen LogP contribution in [0.15, 0.2) is 29.5 Å². The second-order valence-electron chi connectivity index (χ2n) is 5.29. The molecule has 25 heavy (non-hydrogen) atoms. The van der Waals surface area contributed by atoms with Crippen LogP contribution in [-0.4, -0.2) is 53.9 Å². The lowest BCUT2D eigenvalue weighted by atomic mass is 10.2. The number of rotatable bonds is 6. The Morgan fingerprint density at radius 3 is 2.64 bits per heavy atom. The molecule has 0 bridgehead atoms. The van der Waals surface area contributed by atoms with E-state index in [0.29, 0.717) is 13.1 Å². The SMILES string of the molecule is CN=C(NCc1nncn1C)N(C)Cc1ccc(OC)cc1OC.I. The number of methoxy groups -OCH3 is 2. The molecule has 0 atom stereocenters. The predicted molar refractivity (Wildman–Crippen MR) is 108 cm³/mol. The summed E-state index contributed by atoms with van der Waals surface area (Å²) in [6.45, 7) is 1.19. The van der Waals surface area contributed by atoms with Gasteiger partial charge in [-0.25, -0.2) is 0 Å². The van der Waals surface area contributed by atoms with E-state index in [1.54, 1.807) is 27.6 Å². The monoisotopic (exact) mass is 460 g/mol. The number of aromatic nitrogens is 3. The first-order chi connectivity index (χ1) is 11.6. The van der Waals surface area contributed by atoms with Gasteiger partial charge in [-0.05, 0) is 12.1 Å². The molecule has 2 aromatic rings. The second-order valence-corrected chi connectivity index (χ2v) is 5.29. The maximum absolute atomic E-state index is 5.45. The van der Waals surface area contributed by atoms with Crippen LogP contribution in [-0.2, 0) is 20.1 Å². The molecule has 1 aromatic carbocycles. The highest BCUT2D eigenvalue weighted by Gasteiger charge is 2.12. The largest absolute Gasteiger partial charge is 0.497 e. The third-order valence-electron chi connectivity index (χ3n) is 3.68. The molecule has 9 heteroatoms. The average molecular weight is 460 g/mol. The van der Waals surface area contributed by atoms with Crippen LogP contribution >= 0.6 is 24.0 Å². The lowest BCUT2D eigenvalue weighted by molar-refractivity contribution is 0.382. The molecule has 0 aliphatic rings. The van der Waals surface area contributed by atoms with Crippen molar-refractivity contribution < 1.29 is 9.47 Å². The van der Waals surface area contributed by atoms with E-state index in [4.69, 9.17) is 9.47 Å². The number of hydrogen-bond donors (Lipinski definition) is 1. The summed E-state index contributed by atoms with van der Waals surface area (Å²) in [6.07, 6.45) is 1.67. The molecule has 0 amide bonds. The minimum atomic E-state index is 0. The number of aryl methyl sites for hydroxylation is 1. The number of benzene rings is 1. The Labute approximate surface area is 165 Å². The van der Waals surface area contributed by atoms with Crippen molar-refractivity contribution in [2.24, 2.45) is 12.0 Å². The molecule has 0 unspecified atom stereocenters. The third kappa shape index (κ3) is 5.48. The summed E-state index contributed by atoms with van der Waals surface area (Å²) in [5.74, 6) is 3.15. The molecular weight excluding hydrogens is 435 g/mol. The third-order valence-corrected chi connectivity index (χ3v) is 3.68. The first-order valence-electron chi connectivity index (χ1n) is 7.54. The zero-order chi connectivity index (χ0) is 17.5. The Bertz CT molecular complexity index is 704. The van der Waals surface area contributed by atoms with Crippen molar-refractivity contribution in [1.29, 1.82) is 0 Å². The minimum absolute atomic E-state index is 0. The van der Waals surface area contributed by atoms with Crippen molar-refractivity contribution in [3.05, 3.63) is 35.9 Å². The quantitative estimate of drug-likeness (QED) is 0.402. The first-order valence-corrected chi connectivity index (χ1v) is 7.54. The summed E-state index contributed by atoms with van der Waals surface area (Å²) >= 11 is 0. The molecule has 1 N–H and O–H groups in total. The number of guanidine groups is 1. The van der Waals surface area contributed by atoms with Gasteiger partial charge in [0.15, 0.2) is 11.8 Å². The Morgan fingerprint density at radius 2 is 2.08 bits per heavy atom. The van der Waals surface area contributed by atoms with Gasteiger partial charge in [0.05, 0.1) is 20.8 Å². The van der Waals surface area contributed by atoms with Crippen LogP contribution in [0.2, 0.25) is 0 Å². The van der Waals surface area contributed by atoms with Crippen molar-refractivity contribution >= 4 is 29.9 Å². The highest BCUT2D eigenvalue weighted by molar-refractivity contribution is 14.0. The number of nitrogens with one attached hydrogen (secondary N) is 1. The predicted octanol–water partition coefficient (Wildman–Crippen LogP) is 1.66. The standard InChI is InChI=1S/C16H24N6O2.HI/c1-17-16(18-9-15-20-19-11-22(15)3)21(2)10-12-6-7-13(23-4)8-14(12)24-5;/h6-8,11H,9-10H2,1-5H3,(H,17,18);1H. The van der Waals surface area contributed by atoms with E-state index in [1.165, 1.54) is 0 Å². The Balaban J connectivity index is 0.00000312. The van der Waals surface area contributed by atoms with Gasteiger partial charge in [0.1, 0.15) is 17.8 Å². The summed E-state index contributed by atoms with van der Waals surface area (Å²) < 4.78 is 12.5. The Kier molecular flexibility index (Phi) is 8.46. The molecule has 0 saturated carbocycles. The maximum atomic E-state index is 5.45. The van der Waals surface area contributed by atoms with Crippen molar-refractivity contribution in [2.75, 3.05) is 28.3 Å². The van der Waals surface area contributed by atoms with Gasteiger partial charge in [0.2, 0.25) is 0 Å². The normalized spacial score (nSPS) is 10.8. The number of aliphatic imine (C=N–C) groups is 1. The van der Waals surface area contributed by atoms with Crippen LogP contribution in [0.25, 0.3) is 0 Å². The van der Waals surface area contributed by atoms with Gasteiger partial charge in [-0.1, -0.05) is 0 Å². The molecule has 0 spiro atoms. The summed E-state index contributed by atoms with van der Waals surface area (Å²) in [7, 11) is 8.92. The molecule has 0 saturated heterocycles. The van der Waals surface area contributed by atoms with Crippen LogP contribution < -0.4 is 14.8 Å². The molecule has 0 aliphatic heterocycles. The van der Waals surface area contributed by atoms with E-state index in [9.17, 15) is 0 Å². The van der Waals surface area contributed by atoms with Gasteiger partial charge in [0.25, 0.3) is 0 Å². The second kappa shape index (κ2) is 10.1. The van der Waals surface area contributed by atoms with E-state index in [-0.39, 0.29) is 24.0 Å². The molecular formula is C16H25IN6O2. The van der Waals surface area contributed by atoms with Gasteiger partial charge in [-0.2, -0.15) is 0 Å². The van der Waals surface area contributed by atoms with E-state index in [1.807, 2.05) is 41.8 Å². The molecule has 0 aliphatic carbocycles. The summed E-state index contributed by atoms with van der Waals surface area (Å²) in [5, 5.41) is 11.2. The summed E-state index contributed by atoms with van der Waals surface area (Å²) in [6, 6.07) is 5.78. The Morgan fingerprint density at radius 1 is 1.32 bits per heavy atom. The van der Waals surface area contributed by atoms with Crippen molar-refractivity contribution in [1.82, 2.24) is 25.0 Å². The lowest BCUT2D eigenvalue weighted by Gasteiger charge is -2.23. The molecule has 1 aromatic heterocycles. The number of nitrogens with zero attached hydrogens (tertiary/aromatic N) is 5. The minimum Gasteiger partial charge on any atom is -0.497 e. The van der Waals surface area contributed by atoms with Gasteiger partial charge in [-0.3, -0.25) is 4.99 Å². The van der Waals surface area contributed by atoms with Crippen LogP contribution in [0.1, 0.15) is 11.4 Å². The molecule has 138 valence electrons. The van der Waals surface area contributed by atoms with Crippen LogP contribution in [0, 0.1) is 0 Å². The smallest absolute Gasteiger partial charge is 0.194 e. The molecule has 0 fully saturated rings. The average Bonchev–Trinajstić information content (AvgIpc) is 3.01. The zero-order valence-electron chi connectivity index (χ0n) is 15.2. The van der Waals surface area contributed by atoms with Gasteiger partial charge >= 0.3 is 0 Å². The van der Waals surface area contributed by atoms with Crippen molar-refractivity contribution in [3.63, 3.8) is 0 Å². The fraction of sp³-hybridized carbons (Fsp3) is 0.438. The van der Waals surface area contributed by atoms with Gasteiger partial charge < -0.3 is 24.3 Å². The van der Waals surface area contributed by atoms with Gasteiger partial charge in [-0.15, -0.1) is 34.2 Å². The van der Waals surface area contributed by atoms with Crippen LogP contribution in [0.4, 0.5) is 0 Å². The molecule has 8 nitrogen and oxygen atoms in total. The number of ether oxygens (including phenoxy) is 2. The highest BCUT2D eigenvalue weighted by atomic mass is 127. The zero-order valence-corrected chi connectivity index (χ0v) is 17.5.